The molecule has 1 aromatic heterocycles. The number of fused-ring (bicyclic) bond motifs is 1. The maximum absolute atomic E-state index is 12.5. The van der Waals surface area contributed by atoms with Crippen molar-refractivity contribution in [3.63, 3.8) is 0 Å². The second kappa shape index (κ2) is 7.64. The number of phenolic OH excluding ortho intramolecular Hbond substituents is 1. The summed E-state index contributed by atoms with van der Waals surface area (Å²) in [5.41, 5.74) is 1.10. The maximum Gasteiger partial charge on any atom is 0.202 e. The molecule has 29 heavy (non-hydrogen) atoms. The van der Waals surface area contributed by atoms with Gasteiger partial charge in [0, 0.05) is 29.3 Å². The molecule has 0 aliphatic carbocycles. The number of phenols is 1. The number of ether oxygens (including phenoxy) is 1. The molecule has 0 amide bonds. The first-order valence-corrected chi connectivity index (χ1v) is 9.15. The van der Waals surface area contributed by atoms with Crippen LogP contribution in [0.2, 0.25) is 0 Å². The topological polar surface area (TPSA) is 76.7 Å². The van der Waals surface area contributed by atoms with E-state index in [-0.39, 0.29) is 33.7 Å². The lowest BCUT2D eigenvalue weighted by Crippen LogP contribution is -2.23. The molecule has 0 bridgehead atoms. The fourth-order valence-electron chi connectivity index (χ4n) is 3.15. The predicted molar refractivity (Wildman–Crippen MR) is 110 cm³/mol. The number of hydrogen-bond donors (Lipinski definition) is 1. The molecule has 4 aromatic rings. The number of benzene rings is 3. The summed E-state index contributed by atoms with van der Waals surface area (Å²) in [7, 11) is 0. The summed E-state index contributed by atoms with van der Waals surface area (Å²) in [5.74, 6) is 0.170. The van der Waals surface area contributed by atoms with Crippen LogP contribution in [0.3, 0.4) is 0 Å². The molecule has 0 spiro atoms. The van der Waals surface area contributed by atoms with Gasteiger partial charge in [0.05, 0.1) is 0 Å². The summed E-state index contributed by atoms with van der Waals surface area (Å²) in [4.78, 5) is 25.0. The van der Waals surface area contributed by atoms with Crippen LogP contribution in [0.4, 0.5) is 0 Å². The van der Waals surface area contributed by atoms with Crippen molar-refractivity contribution in [2.75, 3.05) is 0 Å². The summed E-state index contributed by atoms with van der Waals surface area (Å²) in [6, 6.07) is 22.2. The molecule has 4 rings (SSSR count). The highest BCUT2D eigenvalue weighted by Gasteiger charge is 2.19. The van der Waals surface area contributed by atoms with Gasteiger partial charge in [-0.2, -0.15) is 0 Å². The number of rotatable bonds is 5. The van der Waals surface area contributed by atoms with Gasteiger partial charge in [0.25, 0.3) is 0 Å². The minimum absolute atomic E-state index is 0.0686. The van der Waals surface area contributed by atoms with Crippen molar-refractivity contribution in [3.8, 4) is 22.8 Å². The van der Waals surface area contributed by atoms with Crippen molar-refractivity contribution in [1.82, 2.24) is 0 Å². The third-order valence-electron chi connectivity index (χ3n) is 4.58. The zero-order valence-corrected chi connectivity index (χ0v) is 15.7. The van der Waals surface area contributed by atoms with E-state index in [1.165, 1.54) is 18.2 Å². The summed E-state index contributed by atoms with van der Waals surface area (Å²) < 4.78 is 11.6. The normalized spacial score (nSPS) is 11.9. The third-order valence-corrected chi connectivity index (χ3v) is 4.58. The molecular weight excluding hydrogens is 368 g/mol. The summed E-state index contributed by atoms with van der Waals surface area (Å²) in [6.45, 7) is 1.63. The van der Waals surface area contributed by atoms with Crippen LogP contribution >= 0.6 is 0 Å². The van der Waals surface area contributed by atoms with Gasteiger partial charge in [-0.1, -0.05) is 60.7 Å². The summed E-state index contributed by atoms with van der Waals surface area (Å²) in [5, 5.41) is 10.4. The molecular formula is C24H18O5. The van der Waals surface area contributed by atoms with Crippen molar-refractivity contribution < 1.29 is 19.1 Å². The van der Waals surface area contributed by atoms with Crippen LogP contribution in [0.15, 0.2) is 88.1 Å². The molecule has 1 unspecified atom stereocenters. The van der Waals surface area contributed by atoms with Crippen LogP contribution in [0.25, 0.3) is 22.3 Å². The molecule has 0 aliphatic heterocycles. The Kier molecular flexibility index (Phi) is 4.87. The number of Topliss-reactive ketones (excluding diaryl/α,β-unsaturated/α-hetero) is 1. The standard InChI is InChI=1S/C24H18O5/c1-15(24(27)17-10-6-3-7-11-17)28-18-12-19(25)23-20(26)14-21(29-22(23)13-18)16-8-4-2-5-9-16/h2-15,25H,1H3. The Bertz CT molecular complexity index is 1230. The highest BCUT2D eigenvalue weighted by atomic mass is 16.5. The number of carbonyl (C=O) groups is 1. The van der Waals surface area contributed by atoms with Gasteiger partial charge in [-0.3, -0.25) is 9.59 Å². The summed E-state index contributed by atoms with van der Waals surface area (Å²) in [6.07, 6.45) is -0.779. The first-order valence-electron chi connectivity index (χ1n) is 9.15. The number of carbonyl (C=O) groups excluding carboxylic acids is 1. The Morgan fingerprint density at radius 2 is 1.62 bits per heavy atom. The Labute approximate surface area is 166 Å². The van der Waals surface area contributed by atoms with Crippen LogP contribution in [0.5, 0.6) is 11.5 Å². The molecule has 1 atom stereocenters. The SMILES string of the molecule is CC(Oc1cc(O)c2c(=O)cc(-c3ccccc3)oc2c1)C(=O)c1ccccc1. The van der Waals surface area contributed by atoms with E-state index < -0.39 is 6.10 Å². The monoisotopic (exact) mass is 386 g/mol. The maximum atomic E-state index is 12.5. The zero-order chi connectivity index (χ0) is 20.4. The van der Waals surface area contributed by atoms with E-state index in [0.29, 0.717) is 11.3 Å². The average molecular weight is 386 g/mol. The zero-order valence-electron chi connectivity index (χ0n) is 15.7. The van der Waals surface area contributed by atoms with Gasteiger partial charge in [-0.05, 0) is 6.92 Å². The quantitative estimate of drug-likeness (QED) is 0.498. The van der Waals surface area contributed by atoms with Gasteiger partial charge >= 0.3 is 0 Å². The van der Waals surface area contributed by atoms with Crippen LogP contribution in [-0.4, -0.2) is 17.0 Å². The Hall–Kier alpha value is -3.86. The van der Waals surface area contributed by atoms with Crippen molar-refractivity contribution in [2.24, 2.45) is 0 Å². The minimum atomic E-state index is -0.779. The van der Waals surface area contributed by atoms with Crippen LogP contribution in [-0.2, 0) is 0 Å². The van der Waals surface area contributed by atoms with Crippen molar-refractivity contribution >= 4 is 16.8 Å². The van der Waals surface area contributed by atoms with Gasteiger partial charge in [0.1, 0.15) is 28.2 Å². The fourth-order valence-corrected chi connectivity index (χ4v) is 3.15. The molecule has 0 fully saturated rings. The van der Waals surface area contributed by atoms with E-state index in [1.54, 1.807) is 31.2 Å². The van der Waals surface area contributed by atoms with E-state index in [9.17, 15) is 14.7 Å². The molecule has 5 nitrogen and oxygen atoms in total. The van der Waals surface area contributed by atoms with E-state index in [1.807, 2.05) is 36.4 Å². The molecule has 1 N–H and O–H groups in total. The van der Waals surface area contributed by atoms with Gasteiger partial charge in [0.15, 0.2) is 11.5 Å². The summed E-state index contributed by atoms with van der Waals surface area (Å²) >= 11 is 0. The molecule has 0 saturated heterocycles. The van der Waals surface area contributed by atoms with E-state index in [0.717, 1.165) is 5.56 Å². The number of hydrogen-bond acceptors (Lipinski definition) is 5. The Balaban J connectivity index is 1.71. The van der Waals surface area contributed by atoms with Gasteiger partial charge < -0.3 is 14.3 Å². The first-order chi connectivity index (χ1) is 14.0. The van der Waals surface area contributed by atoms with E-state index in [2.05, 4.69) is 0 Å². The second-order valence-corrected chi connectivity index (χ2v) is 6.65. The molecule has 0 radical (unpaired) electrons. The first kappa shape index (κ1) is 18.5. The van der Waals surface area contributed by atoms with Crippen molar-refractivity contribution in [1.29, 1.82) is 0 Å². The molecule has 1 heterocycles. The van der Waals surface area contributed by atoms with E-state index in [4.69, 9.17) is 9.15 Å². The van der Waals surface area contributed by atoms with Gasteiger partial charge in [-0.25, -0.2) is 0 Å². The molecule has 0 saturated carbocycles. The smallest absolute Gasteiger partial charge is 0.202 e. The predicted octanol–water partition coefficient (Wildman–Crippen LogP) is 4.82. The highest BCUT2D eigenvalue weighted by Crippen LogP contribution is 2.31. The fraction of sp³-hybridized carbons (Fsp3) is 0.0833. The molecule has 0 aliphatic rings. The van der Waals surface area contributed by atoms with Gasteiger partial charge in [0.2, 0.25) is 5.78 Å². The lowest BCUT2D eigenvalue weighted by Gasteiger charge is -2.15. The largest absolute Gasteiger partial charge is 0.507 e. The third kappa shape index (κ3) is 3.75. The molecule has 3 aromatic carbocycles. The van der Waals surface area contributed by atoms with Crippen LogP contribution in [0, 0.1) is 0 Å². The minimum Gasteiger partial charge on any atom is -0.507 e. The second-order valence-electron chi connectivity index (χ2n) is 6.65. The average Bonchev–Trinajstić information content (AvgIpc) is 2.73. The lowest BCUT2D eigenvalue weighted by molar-refractivity contribution is 0.0817. The Morgan fingerprint density at radius 3 is 2.31 bits per heavy atom. The number of ketones is 1. The Morgan fingerprint density at radius 1 is 0.966 bits per heavy atom. The molecule has 5 heteroatoms. The van der Waals surface area contributed by atoms with Crippen LogP contribution < -0.4 is 10.2 Å². The van der Waals surface area contributed by atoms with Crippen molar-refractivity contribution in [3.05, 3.63) is 94.6 Å². The van der Waals surface area contributed by atoms with Gasteiger partial charge in [-0.15, -0.1) is 0 Å². The van der Waals surface area contributed by atoms with E-state index >= 15 is 0 Å². The molecule has 144 valence electrons. The van der Waals surface area contributed by atoms with Crippen molar-refractivity contribution in [2.45, 2.75) is 13.0 Å². The van der Waals surface area contributed by atoms with Crippen LogP contribution in [0.1, 0.15) is 17.3 Å². The highest BCUT2D eigenvalue weighted by molar-refractivity contribution is 5.99. The number of aromatic hydroxyl groups is 1. The lowest BCUT2D eigenvalue weighted by atomic mass is 10.1.